The van der Waals surface area contributed by atoms with Gasteiger partial charge >= 0.3 is 0 Å². The molecule has 0 radical (unpaired) electrons. The van der Waals surface area contributed by atoms with E-state index in [0.717, 1.165) is 24.2 Å². The minimum atomic E-state index is -2.91. The van der Waals surface area contributed by atoms with Crippen molar-refractivity contribution in [3.8, 4) is 0 Å². The number of carbonyl (C=O) groups excluding carboxylic acids is 3. The number of piperidine rings is 1. The topological polar surface area (TPSA) is 125 Å². The van der Waals surface area contributed by atoms with Crippen molar-refractivity contribution in [1.29, 1.82) is 0 Å². The van der Waals surface area contributed by atoms with Crippen molar-refractivity contribution in [1.82, 2.24) is 20.9 Å². The summed E-state index contributed by atoms with van der Waals surface area (Å²) < 4.78 is 23.7. The quantitative estimate of drug-likeness (QED) is 0.527. The summed E-state index contributed by atoms with van der Waals surface area (Å²) in [4.78, 5) is 38.0. The van der Waals surface area contributed by atoms with Gasteiger partial charge in [-0.05, 0) is 36.5 Å². The first kappa shape index (κ1) is 21.5. The third-order valence-corrected chi connectivity index (χ3v) is 9.18. The minimum absolute atomic E-state index is 0.0272. The van der Waals surface area contributed by atoms with Crippen LogP contribution in [0.3, 0.4) is 0 Å². The number of hydrogen-bond donors (Lipinski definition) is 3. The molecule has 3 saturated heterocycles. The highest BCUT2D eigenvalue weighted by Gasteiger charge is 2.46. The molecule has 0 aromatic heterocycles. The van der Waals surface area contributed by atoms with Gasteiger partial charge in [0.15, 0.2) is 0 Å². The van der Waals surface area contributed by atoms with Crippen LogP contribution in [-0.2, 0) is 32.5 Å². The second-order valence-corrected chi connectivity index (χ2v) is 11.8. The number of sulfone groups is 1. The number of amides is 3. The number of benzene rings is 1. The Morgan fingerprint density at radius 2 is 1.94 bits per heavy atom. The number of fused-ring (bicyclic) bond motifs is 1. The lowest BCUT2D eigenvalue weighted by Gasteiger charge is -2.38. The van der Waals surface area contributed by atoms with Gasteiger partial charge in [0, 0.05) is 49.6 Å². The Hall–Kier alpha value is -2.30. The number of carbonyl (C=O) groups is 3. The number of nitrogens with one attached hydrogen (secondary N) is 3. The van der Waals surface area contributed by atoms with Crippen LogP contribution in [0.25, 0.3) is 0 Å². The van der Waals surface area contributed by atoms with E-state index < -0.39 is 21.8 Å². The molecule has 0 saturated carbocycles. The molecule has 5 rings (SSSR count). The molecule has 3 N–H and O–H groups in total. The maximum atomic E-state index is 12.8. The lowest BCUT2D eigenvalue weighted by atomic mass is 9.77. The Bertz CT molecular complexity index is 1070. The summed E-state index contributed by atoms with van der Waals surface area (Å²) >= 11 is 0. The monoisotopic (exact) mass is 460 g/mol. The van der Waals surface area contributed by atoms with Gasteiger partial charge in [0.2, 0.25) is 11.8 Å². The summed E-state index contributed by atoms with van der Waals surface area (Å²) in [6.45, 7) is 2.63. The zero-order chi connectivity index (χ0) is 22.5. The summed E-state index contributed by atoms with van der Waals surface area (Å²) in [5, 5.41) is 9.36. The summed E-state index contributed by atoms with van der Waals surface area (Å²) in [7, 11) is -2.91. The van der Waals surface area contributed by atoms with E-state index in [0.29, 0.717) is 37.9 Å². The fourth-order valence-corrected chi connectivity index (χ4v) is 7.18. The molecule has 1 aromatic rings. The van der Waals surface area contributed by atoms with Gasteiger partial charge in [0.05, 0.1) is 11.5 Å². The molecule has 4 heterocycles. The first-order chi connectivity index (χ1) is 15.3. The molecule has 0 aliphatic carbocycles. The molecule has 0 bridgehead atoms. The first-order valence-electron chi connectivity index (χ1n) is 11.2. The Morgan fingerprint density at radius 3 is 2.69 bits per heavy atom. The Kier molecular flexibility index (Phi) is 5.34. The maximum absolute atomic E-state index is 12.8. The molecule has 10 heteroatoms. The Balaban J connectivity index is 1.25. The normalized spacial score (nSPS) is 28.8. The van der Waals surface area contributed by atoms with E-state index in [-0.39, 0.29) is 41.2 Å². The van der Waals surface area contributed by atoms with E-state index in [1.807, 2.05) is 18.2 Å². The number of hydrogen-bond acceptors (Lipinski definition) is 7. The summed E-state index contributed by atoms with van der Waals surface area (Å²) in [5.41, 5.74) is 2.52. The van der Waals surface area contributed by atoms with Crippen LogP contribution in [0.5, 0.6) is 0 Å². The molecule has 2 unspecified atom stereocenters. The third kappa shape index (κ3) is 3.84. The lowest BCUT2D eigenvalue weighted by Crippen LogP contribution is -2.52. The van der Waals surface area contributed by atoms with Crippen molar-refractivity contribution in [3.63, 3.8) is 0 Å². The van der Waals surface area contributed by atoms with Crippen molar-refractivity contribution >= 4 is 27.6 Å². The zero-order valence-electron chi connectivity index (χ0n) is 17.9. The van der Waals surface area contributed by atoms with Gasteiger partial charge in [0.25, 0.3) is 5.91 Å². The molecule has 3 fully saturated rings. The van der Waals surface area contributed by atoms with E-state index in [1.165, 1.54) is 0 Å². The average Bonchev–Trinajstić information content (AvgIpc) is 3.30. The third-order valence-electron chi connectivity index (χ3n) is 7.53. The van der Waals surface area contributed by atoms with Gasteiger partial charge in [-0.15, -0.1) is 0 Å². The first-order valence-corrected chi connectivity index (χ1v) is 13.0. The van der Waals surface area contributed by atoms with Gasteiger partial charge < -0.3 is 15.5 Å². The SMILES string of the molecule is O=C1CCC(N2Cc3cc(CNC4CNCC45CCS(=O)(=O)CC5)ccc3C2=O)C(=O)N1. The van der Waals surface area contributed by atoms with Crippen LogP contribution < -0.4 is 16.0 Å². The average molecular weight is 461 g/mol. The van der Waals surface area contributed by atoms with Crippen molar-refractivity contribution in [3.05, 3.63) is 34.9 Å². The molecular weight excluding hydrogens is 432 g/mol. The molecule has 1 aromatic carbocycles. The number of imide groups is 1. The van der Waals surface area contributed by atoms with Crippen molar-refractivity contribution in [2.75, 3.05) is 24.6 Å². The second kappa shape index (κ2) is 7.93. The maximum Gasteiger partial charge on any atom is 0.255 e. The lowest BCUT2D eigenvalue weighted by molar-refractivity contribution is -0.136. The standard InChI is InChI=1S/C22H28N4O5S/c27-19-4-3-17(20(28)25-19)26-12-15-9-14(1-2-16(15)21(26)29)10-24-18-11-23-13-22(18)5-7-32(30,31)8-6-22/h1-2,9,17-18,23-24H,3-8,10-13H2,(H,25,27,28). The highest BCUT2D eigenvalue weighted by Crippen LogP contribution is 2.38. The van der Waals surface area contributed by atoms with Crippen LogP contribution in [0.2, 0.25) is 0 Å². The van der Waals surface area contributed by atoms with Crippen LogP contribution in [0.15, 0.2) is 18.2 Å². The summed E-state index contributed by atoms with van der Waals surface area (Å²) in [6.07, 6.45) is 1.95. The van der Waals surface area contributed by atoms with Gasteiger partial charge in [-0.2, -0.15) is 0 Å². The van der Waals surface area contributed by atoms with Crippen LogP contribution in [0.1, 0.15) is 47.2 Å². The molecule has 4 aliphatic heterocycles. The van der Waals surface area contributed by atoms with Crippen LogP contribution in [-0.4, -0.2) is 67.7 Å². The van der Waals surface area contributed by atoms with E-state index in [1.54, 1.807) is 4.90 Å². The van der Waals surface area contributed by atoms with Crippen molar-refractivity contribution in [2.24, 2.45) is 5.41 Å². The molecule has 172 valence electrons. The molecular formula is C22H28N4O5S. The zero-order valence-corrected chi connectivity index (χ0v) is 18.7. The molecule has 32 heavy (non-hydrogen) atoms. The van der Waals surface area contributed by atoms with E-state index in [9.17, 15) is 22.8 Å². The number of rotatable bonds is 4. The predicted octanol–water partition coefficient (Wildman–Crippen LogP) is -0.296. The van der Waals surface area contributed by atoms with E-state index >= 15 is 0 Å². The fraction of sp³-hybridized carbons (Fsp3) is 0.591. The predicted molar refractivity (Wildman–Crippen MR) is 116 cm³/mol. The van der Waals surface area contributed by atoms with Gasteiger partial charge in [-0.3, -0.25) is 19.7 Å². The van der Waals surface area contributed by atoms with E-state index in [2.05, 4.69) is 16.0 Å². The number of nitrogens with zero attached hydrogens (tertiary/aromatic N) is 1. The van der Waals surface area contributed by atoms with Crippen molar-refractivity contribution < 1.29 is 22.8 Å². The van der Waals surface area contributed by atoms with Crippen LogP contribution in [0.4, 0.5) is 0 Å². The Labute approximate surface area is 187 Å². The smallest absolute Gasteiger partial charge is 0.255 e. The molecule has 4 aliphatic rings. The molecule has 9 nitrogen and oxygen atoms in total. The van der Waals surface area contributed by atoms with Gasteiger partial charge in [0.1, 0.15) is 15.9 Å². The highest BCUT2D eigenvalue weighted by molar-refractivity contribution is 7.91. The minimum Gasteiger partial charge on any atom is -0.322 e. The molecule has 1 spiro atoms. The van der Waals surface area contributed by atoms with Crippen LogP contribution in [0, 0.1) is 5.41 Å². The Morgan fingerprint density at radius 1 is 1.16 bits per heavy atom. The second-order valence-electron chi connectivity index (χ2n) is 9.47. The van der Waals surface area contributed by atoms with Crippen molar-refractivity contribution in [2.45, 2.75) is 50.9 Å². The fourth-order valence-electron chi connectivity index (χ4n) is 5.54. The van der Waals surface area contributed by atoms with Gasteiger partial charge in [-0.25, -0.2) is 8.42 Å². The summed E-state index contributed by atoms with van der Waals surface area (Å²) in [6, 6.07) is 5.34. The van der Waals surface area contributed by atoms with Gasteiger partial charge in [-0.1, -0.05) is 12.1 Å². The summed E-state index contributed by atoms with van der Waals surface area (Å²) in [5.74, 6) is -0.360. The molecule has 3 amide bonds. The molecule has 2 atom stereocenters. The van der Waals surface area contributed by atoms with E-state index in [4.69, 9.17) is 0 Å². The van der Waals surface area contributed by atoms with Crippen LogP contribution >= 0.6 is 0 Å². The largest absolute Gasteiger partial charge is 0.322 e. The highest BCUT2D eigenvalue weighted by atomic mass is 32.2.